The SMILES string of the molecule is N#Cc1nc(-c2ccc(S(=O)(=O)N3CCc4ccccc4C3)cc2)oc1N1CCc2ccccc2C1. The Kier molecular flexibility index (Phi) is 5.59. The highest BCUT2D eigenvalue weighted by Crippen LogP contribution is 2.32. The Balaban J connectivity index is 1.24. The van der Waals surface area contributed by atoms with Crippen LogP contribution in [0.1, 0.15) is 27.9 Å². The molecule has 0 bridgehead atoms. The number of oxazole rings is 1. The molecule has 0 N–H and O–H groups in total. The predicted molar refractivity (Wildman–Crippen MR) is 136 cm³/mol. The van der Waals surface area contributed by atoms with Gasteiger partial charge in [-0.25, -0.2) is 8.42 Å². The van der Waals surface area contributed by atoms with Crippen molar-refractivity contribution in [3.63, 3.8) is 0 Å². The van der Waals surface area contributed by atoms with Crippen LogP contribution >= 0.6 is 0 Å². The van der Waals surface area contributed by atoms with E-state index in [0.29, 0.717) is 43.4 Å². The zero-order chi connectivity index (χ0) is 24.7. The van der Waals surface area contributed by atoms with Crippen molar-refractivity contribution in [2.75, 3.05) is 18.0 Å². The molecule has 7 nitrogen and oxygen atoms in total. The lowest BCUT2D eigenvalue weighted by Gasteiger charge is -2.28. The molecule has 0 saturated carbocycles. The lowest BCUT2D eigenvalue weighted by molar-refractivity contribution is 0.391. The van der Waals surface area contributed by atoms with Gasteiger partial charge in [0.2, 0.25) is 27.5 Å². The van der Waals surface area contributed by atoms with Gasteiger partial charge in [-0.1, -0.05) is 48.5 Å². The van der Waals surface area contributed by atoms with Gasteiger partial charge >= 0.3 is 0 Å². The second-order valence-corrected chi connectivity index (χ2v) is 11.0. The van der Waals surface area contributed by atoms with Crippen LogP contribution in [0.15, 0.2) is 82.1 Å². The first-order valence-corrected chi connectivity index (χ1v) is 13.4. The van der Waals surface area contributed by atoms with E-state index in [-0.39, 0.29) is 10.6 Å². The number of fused-ring (bicyclic) bond motifs is 2. The van der Waals surface area contributed by atoms with Crippen LogP contribution in [0.2, 0.25) is 0 Å². The third-order valence-corrected chi connectivity index (χ3v) is 8.83. The third kappa shape index (κ3) is 3.96. The van der Waals surface area contributed by atoms with Crippen LogP contribution in [-0.2, 0) is 36.0 Å². The Morgan fingerprint density at radius 2 is 1.42 bits per heavy atom. The monoisotopic (exact) mass is 496 g/mol. The number of sulfonamides is 1. The van der Waals surface area contributed by atoms with Crippen LogP contribution in [-0.4, -0.2) is 30.8 Å². The molecule has 0 saturated heterocycles. The maximum atomic E-state index is 13.3. The summed E-state index contributed by atoms with van der Waals surface area (Å²) < 4.78 is 34.2. The fourth-order valence-corrected chi connectivity index (χ4v) is 6.40. The molecule has 0 fully saturated rings. The lowest BCUT2D eigenvalue weighted by Crippen LogP contribution is -2.35. The first-order valence-electron chi connectivity index (χ1n) is 11.9. The normalized spacial score (nSPS) is 15.7. The molecule has 36 heavy (non-hydrogen) atoms. The molecule has 2 aliphatic heterocycles. The molecule has 0 spiro atoms. The van der Waals surface area contributed by atoms with E-state index >= 15 is 0 Å². The van der Waals surface area contributed by atoms with Gasteiger partial charge in [0.25, 0.3) is 0 Å². The third-order valence-electron chi connectivity index (χ3n) is 6.97. The molecular formula is C28H24N4O3S. The summed E-state index contributed by atoms with van der Waals surface area (Å²) in [4.78, 5) is 6.67. The molecule has 1 aromatic heterocycles. The number of anilines is 1. The number of benzene rings is 3. The number of nitrogens with zero attached hydrogens (tertiary/aromatic N) is 4. The molecular weight excluding hydrogens is 472 g/mol. The van der Waals surface area contributed by atoms with Crippen LogP contribution in [0.3, 0.4) is 0 Å². The fourth-order valence-electron chi connectivity index (χ4n) is 4.99. The van der Waals surface area contributed by atoms with Gasteiger partial charge in [-0.15, -0.1) is 0 Å². The minimum absolute atomic E-state index is 0.227. The molecule has 3 heterocycles. The Morgan fingerprint density at radius 3 is 2.08 bits per heavy atom. The lowest BCUT2D eigenvalue weighted by atomic mass is 10.00. The van der Waals surface area contributed by atoms with Crippen LogP contribution in [0, 0.1) is 11.3 Å². The van der Waals surface area contributed by atoms with Crippen molar-refractivity contribution in [1.29, 1.82) is 5.26 Å². The number of hydrogen-bond acceptors (Lipinski definition) is 6. The van der Waals surface area contributed by atoms with E-state index in [1.165, 1.54) is 21.0 Å². The Morgan fingerprint density at radius 1 is 0.806 bits per heavy atom. The molecule has 4 aromatic rings. The largest absolute Gasteiger partial charge is 0.419 e. The van der Waals surface area contributed by atoms with Crippen LogP contribution in [0.5, 0.6) is 0 Å². The average molecular weight is 497 g/mol. The molecule has 0 amide bonds. The molecule has 0 radical (unpaired) electrons. The van der Waals surface area contributed by atoms with Gasteiger partial charge in [0.1, 0.15) is 6.07 Å². The number of aromatic nitrogens is 1. The molecule has 0 atom stereocenters. The van der Waals surface area contributed by atoms with Crippen molar-refractivity contribution >= 4 is 15.9 Å². The number of nitriles is 1. The Labute approximate surface area is 210 Å². The second-order valence-electron chi connectivity index (χ2n) is 9.11. The van der Waals surface area contributed by atoms with E-state index in [4.69, 9.17) is 4.42 Å². The number of hydrogen-bond donors (Lipinski definition) is 0. The van der Waals surface area contributed by atoms with Crippen molar-refractivity contribution in [3.8, 4) is 17.5 Å². The van der Waals surface area contributed by atoms with E-state index in [9.17, 15) is 13.7 Å². The second kappa shape index (κ2) is 8.94. The predicted octanol–water partition coefficient (Wildman–Crippen LogP) is 4.52. The van der Waals surface area contributed by atoms with E-state index in [0.717, 1.165) is 18.5 Å². The van der Waals surface area contributed by atoms with Gasteiger partial charge in [0, 0.05) is 31.7 Å². The highest BCUT2D eigenvalue weighted by molar-refractivity contribution is 7.89. The van der Waals surface area contributed by atoms with Gasteiger partial charge in [-0.05, 0) is 59.4 Å². The zero-order valence-electron chi connectivity index (χ0n) is 19.6. The highest BCUT2D eigenvalue weighted by atomic mass is 32.2. The minimum Gasteiger partial charge on any atom is -0.419 e. The average Bonchev–Trinajstić information content (AvgIpc) is 3.37. The minimum atomic E-state index is -3.64. The smallest absolute Gasteiger partial charge is 0.243 e. The summed E-state index contributed by atoms with van der Waals surface area (Å²) in [6.07, 6.45) is 1.56. The van der Waals surface area contributed by atoms with Gasteiger partial charge < -0.3 is 9.32 Å². The molecule has 0 unspecified atom stereocenters. The Bertz CT molecular complexity index is 1590. The van der Waals surface area contributed by atoms with E-state index < -0.39 is 10.0 Å². The van der Waals surface area contributed by atoms with Gasteiger partial charge in [-0.3, -0.25) is 0 Å². The molecule has 6 rings (SSSR count). The molecule has 0 aliphatic carbocycles. The topological polar surface area (TPSA) is 90.4 Å². The van der Waals surface area contributed by atoms with Gasteiger partial charge in [-0.2, -0.15) is 14.6 Å². The van der Waals surface area contributed by atoms with Crippen molar-refractivity contribution in [1.82, 2.24) is 9.29 Å². The first kappa shape index (κ1) is 22.5. The summed E-state index contributed by atoms with van der Waals surface area (Å²) in [5, 5.41) is 9.69. The van der Waals surface area contributed by atoms with E-state index in [1.54, 1.807) is 24.3 Å². The Hall–Kier alpha value is -3.93. The summed E-state index contributed by atoms with van der Waals surface area (Å²) in [6, 6.07) is 24.9. The van der Waals surface area contributed by atoms with E-state index in [1.807, 2.05) is 35.2 Å². The summed E-state index contributed by atoms with van der Waals surface area (Å²) in [6.45, 7) is 2.20. The maximum Gasteiger partial charge on any atom is 0.243 e. The van der Waals surface area contributed by atoms with Crippen LogP contribution < -0.4 is 4.90 Å². The van der Waals surface area contributed by atoms with Gasteiger partial charge in [0.15, 0.2) is 0 Å². The first-order chi connectivity index (χ1) is 17.5. The summed E-state index contributed by atoms with van der Waals surface area (Å²) in [7, 11) is -3.64. The zero-order valence-corrected chi connectivity index (χ0v) is 20.4. The van der Waals surface area contributed by atoms with Gasteiger partial charge in [0.05, 0.1) is 4.90 Å². The molecule has 2 aliphatic rings. The number of rotatable bonds is 4. The van der Waals surface area contributed by atoms with E-state index in [2.05, 4.69) is 29.3 Å². The van der Waals surface area contributed by atoms with Crippen LogP contribution in [0.25, 0.3) is 11.5 Å². The molecule has 180 valence electrons. The maximum absolute atomic E-state index is 13.3. The molecule has 8 heteroatoms. The van der Waals surface area contributed by atoms with Crippen molar-refractivity contribution in [2.45, 2.75) is 30.8 Å². The highest BCUT2D eigenvalue weighted by Gasteiger charge is 2.29. The van der Waals surface area contributed by atoms with Crippen molar-refractivity contribution < 1.29 is 12.8 Å². The van der Waals surface area contributed by atoms with Crippen molar-refractivity contribution in [2.24, 2.45) is 0 Å². The summed E-state index contributed by atoms with van der Waals surface area (Å²) in [5.41, 5.74) is 5.61. The fraction of sp³-hybridized carbons (Fsp3) is 0.214. The molecule has 3 aromatic carbocycles. The summed E-state index contributed by atoms with van der Waals surface area (Å²) in [5.74, 6) is 0.752. The standard InChI is InChI=1S/C28H24N4O3S/c29-17-26-28(31-15-13-20-5-1-3-7-23(20)18-31)35-27(30-26)22-9-11-25(12-10-22)36(33,34)32-16-14-21-6-2-4-8-24(21)19-32/h1-12H,13-16,18-19H2. The van der Waals surface area contributed by atoms with Crippen LogP contribution in [0.4, 0.5) is 5.88 Å². The summed E-state index contributed by atoms with van der Waals surface area (Å²) >= 11 is 0. The quantitative estimate of drug-likeness (QED) is 0.413. The van der Waals surface area contributed by atoms with Crippen molar-refractivity contribution in [3.05, 3.63) is 101 Å².